The van der Waals surface area contributed by atoms with Crippen molar-refractivity contribution in [3.05, 3.63) is 41.6 Å². The Morgan fingerprint density at radius 3 is 2.81 bits per heavy atom. The van der Waals surface area contributed by atoms with Gasteiger partial charge in [0.2, 0.25) is 10.8 Å². The Morgan fingerprint density at radius 2 is 2.04 bits per heavy atom. The first-order valence-electron chi connectivity index (χ1n) is 8.38. The molecule has 5 rings (SSSR count). The maximum absolute atomic E-state index is 6.02. The average molecular weight is 364 g/mol. The van der Waals surface area contributed by atoms with Crippen molar-refractivity contribution in [3.8, 4) is 22.3 Å². The van der Waals surface area contributed by atoms with Crippen LogP contribution in [0.15, 0.2) is 34.7 Å². The van der Waals surface area contributed by atoms with E-state index in [0.29, 0.717) is 22.5 Å². The fraction of sp³-hybridized carbons (Fsp3) is 0.222. The standard InChI is InChI=1S/C18H16N6OS/c1-9(2)12-8-13(20-19-12)17-23-24-16(21-22-18(24)26-17)15-10(3)11-6-4-5-7-14(11)25-15/h4-9H,1-3H3,(H,19,20). The Balaban J connectivity index is 1.65. The molecule has 0 fully saturated rings. The number of aromatic amines is 1. The number of H-pyrrole nitrogens is 1. The molecule has 0 radical (unpaired) electrons. The van der Waals surface area contributed by atoms with E-state index in [9.17, 15) is 0 Å². The van der Waals surface area contributed by atoms with E-state index in [1.165, 1.54) is 11.3 Å². The molecule has 0 amide bonds. The second-order valence-electron chi connectivity index (χ2n) is 6.54. The van der Waals surface area contributed by atoms with Gasteiger partial charge in [-0.25, -0.2) is 0 Å². The summed E-state index contributed by atoms with van der Waals surface area (Å²) in [4.78, 5) is 0.712. The molecule has 0 atom stereocenters. The Bertz CT molecular complexity index is 1240. The molecule has 130 valence electrons. The van der Waals surface area contributed by atoms with Crippen molar-refractivity contribution in [3.63, 3.8) is 0 Å². The van der Waals surface area contributed by atoms with Crippen molar-refractivity contribution in [1.82, 2.24) is 30.0 Å². The highest BCUT2D eigenvalue weighted by molar-refractivity contribution is 7.19. The molecular weight excluding hydrogens is 348 g/mol. The molecule has 0 saturated heterocycles. The topological polar surface area (TPSA) is 84.9 Å². The number of nitrogens with one attached hydrogen (secondary N) is 1. The fourth-order valence-electron chi connectivity index (χ4n) is 2.99. The Morgan fingerprint density at radius 1 is 1.19 bits per heavy atom. The highest BCUT2D eigenvalue weighted by atomic mass is 32.1. The summed E-state index contributed by atoms with van der Waals surface area (Å²) in [5, 5.41) is 22.5. The van der Waals surface area contributed by atoms with Crippen molar-refractivity contribution in [2.24, 2.45) is 0 Å². The van der Waals surface area contributed by atoms with E-state index in [1.807, 2.05) is 37.3 Å². The first-order valence-corrected chi connectivity index (χ1v) is 9.20. The Hall–Kier alpha value is -3.00. The molecule has 26 heavy (non-hydrogen) atoms. The van der Waals surface area contributed by atoms with Gasteiger partial charge in [-0.2, -0.15) is 14.7 Å². The van der Waals surface area contributed by atoms with Gasteiger partial charge >= 0.3 is 0 Å². The van der Waals surface area contributed by atoms with Crippen LogP contribution in [0.3, 0.4) is 0 Å². The number of rotatable bonds is 3. The van der Waals surface area contributed by atoms with Crippen LogP contribution in [-0.2, 0) is 0 Å². The van der Waals surface area contributed by atoms with Crippen LogP contribution >= 0.6 is 11.3 Å². The third-order valence-electron chi connectivity index (χ3n) is 4.48. The predicted octanol–water partition coefficient (Wildman–Crippen LogP) is 4.42. The molecule has 7 nitrogen and oxygen atoms in total. The number of fused-ring (bicyclic) bond motifs is 2. The number of benzene rings is 1. The zero-order valence-electron chi connectivity index (χ0n) is 14.5. The van der Waals surface area contributed by atoms with E-state index in [1.54, 1.807) is 4.52 Å². The highest BCUT2D eigenvalue weighted by Gasteiger charge is 2.21. The Labute approximate surface area is 152 Å². The number of aromatic nitrogens is 6. The van der Waals surface area contributed by atoms with E-state index in [-0.39, 0.29) is 0 Å². The zero-order valence-corrected chi connectivity index (χ0v) is 15.3. The van der Waals surface area contributed by atoms with Gasteiger partial charge in [-0.1, -0.05) is 43.4 Å². The number of hydrogen-bond acceptors (Lipinski definition) is 6. The first kappa shape index (κ1) is 15.3. The molecule has 0 spiro atoms. The largest absolute Gasteiger partial charge is 0.452 e. The average Bonchev–Trinajstić information content (AvgIpc) is 3.37. The number of aryl methyl sites for hydroxylation is 1. The minimum absolute atomic E-state index is 0.385. The minimum Gasteiger partial charge on any atom is -0.452 e. The van der Waals surface area contributed by atoms with Gasteiger partial charge in [0.05, 0.1) is 0 Å². The van der Waals surface area contributed by atoms with E-state index >= 15 is 0 Å². The summed E-state index contributed by atoms with van der Waals surface area (Å²) in [5.74, 6) is 1.69. The second-order valence-corrected chi connectivity index (χ2v) is 7.50. The summed E-state index contributed by atoms with van der Waals surface area (Å²) < 4.78 is 7.75. The molecule has 0 bridgehead atoms. The third kappa shape index (κ3) is 2.19. The van der Waals surface area contributed by atoms with Crippen molar-refractivity contribution in [1.29, 1.82) is 0 Å². The summed E-state index contributed by atoms with van der Waals surface area (Å²) in [6.45, 7) is 6.27. The lowest BCUT2D eigenvalue weighted by molar-refractivity contribution is 0.619. The highest BCUT2D eigenvalue weighted by Crippen LogP contribution is 2.34. The van der Waals surface area contributed by atoms with Gasteiger partial charge in [0, 0.05) is 16.6 Å². The third-order valence-corrected chi connectivity index (χ3v) is 5.40. The summed E-state index contributed by atoms with van der Waals surface area (Å²) >= 11 is 1.46. The van der Waals surface area contributed by atoms with Gasteiger partial charge in [0.25, 0.3) is 0 Å². The van der Waals surface area contributed by atoms with E-state index < -0.39 is 0 Å². The van der Waals surface area contributed by atoms with E-state index in [2.05, 4.69) is 39.3 Å². The fourth-order valence-corrected chi connectivity index (χ4v) is 3.79. The van der Waals surface area contributed by atoms with Crippen LogP contribution in [0.4, 0.5) is 0 Å². The maximum atomic E-state index is 6.02. The van der Waals surface area contributed by atoms with Gasteiger partial charge in [-0.15, -0.1) is 10.2 Å². The number of para-hydroxylation sites is 1. The van der Waals surface area contributed by atoms with Crippen LogP contribution < -0.4 is 0 Å². The predicted molar refractivity (Wildman–Crippen MR) is 100 cm³/mol. The summed E-state index contributed by atoms with van der Waals surface area (Å²) in [5.41, 5.74) is 3.77. The lowest BCUT2D eigenvalue weighted by atomic mass is 10.1. The molecule has 5 aromatic rings. The van der Waals surface area contributed by atoms with Crippen molar-refractivity contribution in [2.75, 3.05) is 0 Å². The molecule has 4 aromatic heterocycles. The first-order chi connectivity index (χ1) is 12.6. The van der Waals surface area contributed by atoms with Crippen LogP contribution in [0, 0.1) is 6.92 Å². The van der Waals surface area contributed by atoms with Crippen molar-refractivity contribution in [2.45, 2.75) is 26.7 Å². The molecule has 0 aliphatic rings. The smallest absolute Gasteiger partial charge is 0.235 e. The molecule has 0 aliphatic heterocycles. The molecule has 4 heterocycles. The monoisotopic (exact) mass is 364 g/mol. The van der Waals surface area contributed by atoms with Gasteiger partial charge in [-0.3, -0.25) is 5.10 Å². The normalized spacial score (nSPS) is 12.0. The van der Waals surface area contributed by atoms with Crippen LogP contribution in [0.2, 0.25) is 0 Å². The van der Waals surface area contributed by atoms with Gasteiger partial charge in [-0.05, 0) is 25.0 Å². The van der Waals surface area contributed by atoms with E-state index in [4.69, 9.17) is 4.42 Å². The quantitative estimate of drug-likeness (QED) is 0.512. The molecule has 0 saturated carbocycles. The van der Waals surface area contributed by atoms with Gasteiger partial charge in [0.15, 0.2) is 10.8 Å². The van der Waals surface area contributed by atoms with Crippen LogP contribution in [0.5, 0.6) is 0 Å². The summed E-state index contributed by atoms with van der Waals surface area (Å²) in [6.07, 6.45) is 0. The zero-order chi connectivity index (χ0) is 17.8. The van der Waals surface area contributed by atoms with Gasteiger partial charge in [0.1, 0.15) is 11.3 Å². The maximum Gasteiger partial charge on any atom is 0.235 e. The molecular formula is C18H16N6OS. The molecule has 1 N–H and O–H groups in total. The number of furan rings is 1. The van der Waals surface area contributed by atoms with Crippen LogP contribution in [0.1, 0.15) is 31.0 Å². The van der Waals surface area contributed by atoms with Crippen LogP contribution in [-0.4, -0.2) is 30.0 Å². The van der Waals surface area contributed by atoms with Crippen molar-refractivity contribution >= 4 is 27.3 Å². The van der Waals surface area contributed by atoms with Gasteiger partial charge < -0.3 is 4.42 Å². The number of hydrogen-bond donors (Lipinski definition) is 1. The SMILES string of the molecule is Cc1c(-c2nnc3sc(-c4cc(C(C)C)[nH]n4)nn23)oc2ccccc12. The molecule has 1 aromatic carbocycles. The van der Waals surface area contributed by atoms with Crippen LogP contribution in [0.25, 0.3) is 38.2 Å². The minimum atomic E-state index is 0.385. The summed E-state index contributed by atoms with van der Waals surface area (Å²) in [6, 6.07) is 9.98. The molecule has 8 heteroatoms. The number of nitrogens with zero attached hydrogens (tertiary/aromatic N) is 5. The lowest BCUT2D eigenvalue weighted by Crippen LogP contribution is -1.91. The summed E-state index contributed by atoms with van der Waals surface area (Å²) in [7, 11) is 0. The van der Waals surface area contributed by atoms with Crippen molar-refractivity contribution < 1.29 is 4.42 Å². The lowest BCUT2D eigenvalue weighted by Gasteiger charge is -1.96. The van der Waals surface area contributed by atoms with E-state index in [0.717, 1.165) is 32.9 Å². The molecule has 0 aliphatic carbocycles. The Kier molecular flexibility index (Phi) is 3.23. The second kappa shape index (κ2) is 5.50. The molecule has 0 unspecified atom stereocenters.